The van der Waals surface area contributed by atoms with E-state index < -0.39 is 73.6 Å². The molecular formula is C28H46N4O7S. The lowest BCUT2D eigenvalue weighted by Crippen LogP contribution is -2.60. The lowest BCUT2D eigenvalue weighted by atomic mass is 9.85. The molecule has 3 rings (SSSR count). The zero-order valence-electron chi connectivity index (χ0n) is 25.0. The molecular weight excluding hydrogens is 536 g/mol. The average Bonchev–Trinajstić information content (AvgIpc) is 3.71. The van der Waals surface area contributed by atoms with Gasteiger partial charge in [-0.05, 0) is 63.7 Å². The Labute approximate surface area is 238 Å². The highest BCUT2D eigenvalue weighted by molar-refractivity contribution is 7.91. The van der Waals surface area contributed by atoms with E-state index in [2.05, 4.69) is 21.9 Å². The molecule has 11 nitrogen and oxygen atoms in total. The Hall–Kier alpha value is -2.63. The lowest BCUT2D eigenvalue weighted by molar-refractivity contribution is -0.143. The van der Waals surface area contributed by atoms with Crippen LogP contribution in [0.4, 0.5) is 4.79 Å². The molecule has 12 heteroatoms. The van der Waals surface area contributed by atoms with Crippen LogP contribution in [0, 0.1) is 23.2 Å². The van der Waals surface area contributed by atoms with E-state index in [0.717, 1.165) is 0 Å². The Morgan fingerprint density at radius 1 is 1.07 bits per heavy atom. The maximum Gasteiger partial charge on any atom is 0.408 e. The van der Waals surface area contributed by atoms with Crippen molar-refractivity contribution in [2.45, 2.75) is 110 Å². The third-order valence-electron chi connectivity index (χ3n) is 7.88. The zero-order chi connectivity index (χ0) is 30.4. The van der Waals surface area contributed by atoms with Crippen LogP contribution < -0.4 is 15.4 Å². The number of hydrogen-bond acceptors (Lipinski definition) is 7. The van der Waals surface area contributed by atoms with Crippen LogP contribution in [0.25, 0.3) is 0 Å². The number of carbonyl (C=O) groups excluding carboxylic acids is 4. The molecule has 1 aliphatic heterocycles. The van der Waals surface area contributed by atoms with Gasteiger partial charge in [0, 0.05) is 12.5 Å². The molecule has 2 aliphatic carbocycles. The summed E-state index contributed by atoms with van der Waals surface area (Å²) in [6.45, 7) is 18.7. The molecule has 0 bridgehead atoms. The fourth-order valence-corrected chi connectivity index (χ4v) is 6.47. The van der Waals surface area contributed by atoms with Gasteiger partial charge in [-0.3, -0.25) is 19.1 Å². The van der Waals surface area contributed by atoms with Crippen molar-refractivity contribution in [2.75, 3.05) is 6.54 Å². The number of rotatable bonds is 9. The minimum atomic E-state index is -3.81. The first-order valence-electron chi connectivity index (χ1n) is 14.0. The van der Waals surface area contributed by atoms with Gasteiger partial charge >= 0.3 is 6.09 Å². The Bertz CT molecular complexity index is 1150. The van der Waals surface area contributed by atoms with Crippen molar-refractivity contribution in [2.24, 2.45) is 23.2 Å². The fourth-order valence-electron chi connectivity index (χ4n) is 5.10. The summed E-state index contributed by atoms with van der Waals surface area (Å²) in [4.78, 5) is 55.0. The molecule has 0 spiro atoms. The van der Waals surface area contributed by atoms with Crippen molar-refractivity contribution in [1.82, 2.24) is 20.3 Å². The largest absolute Gasteiger partial charge is 0.444 e. The molecule has 1 heterocycles. The molecule has 3 aliphatic rings. The number of hydrogen-bond donors (Lipinski definition) is 3. The number of nitrogens with zero attached hydrogens (tertiary/aromatic N) is 1. The van der Waals surface area contributed by atoms with Gasteiger partial charge in [0.2, 0.25) is 21.8 Å². The van der Waals surface area contributed by atoms with Gasteiger partial charge in [0.05, 0.1) is 5.25 Å². The molecule has 0 aromatic rings. The molecule has 1 saturated heterocycles. The molecule has 5 atom stereocenters. The van der Waals surface area contributed by atoms with Crippen LogP contribution in [0.5, 0.6) is 0 Å². The van der Waals surface area contributed by atoms with Crippen LogP contribution in [0.1, 0.15) is 81.1 Å². The van der Waals surface area contributed by atoms with E-state index in [0.29, 0.717) is 25.8 Å². The Balaban J connectivity index is 1.85. The molecule has 2 unspecified atom stereocenters. The van der Waals surface area contributed by atoms with E-state index >= 15 is 0 Å². The maximum absolute atomic E-state index is 14.0. The number of amides is 4. The van der Waals surface area contributed by atoms with Gasteiger partial charge in [0.15, 0.2) is 0 Å². The summed E-state index contributed by atoms with van der Waals surface area (Å²) >= 11 is 0. The first-order chi connectivity index (χ1) is 18.2. The van der Waals surface area contributed by atoms with Crippen molar-refractivity contribution in [3.8, 4) is 0 Å². The smallest absolute Gasteiger partial charge is 0.408 e. The second kappa shape index (κ2) is 11.0. The van der Waals surface area contributed by atoms with Crippen LogP contribution in [0.15, 0.2) is 12.7 Å². The zero-order valence-corrected chi connectivity index (χ0v) is 25.8. The first kappa shape index (κ1) is 31.9. The summed E-state index contributed by atoms with van der Waals surface area (Å²) in [5.74, 6) is -2.00. The van der Waals surface area contributed by atoms with Crippen LogP contribution in [-0.4, -0.2) is 72.2 Å². The minimum absolute atomic E-state index is 0.0104. The monoisotopic (exact) mass is 582 g/mol. The van der Waals surface area contributed by atoms with E-state index in [-0.39, 0.29) is 18.3 Å². The van der Waals surface area contributed by atoms with Crippen molar-refractivity contribution in [1.29, 1.82) is 0 Å². The van der Waals surface area contributed by atoms with Crippen molar-refractivity contribution >= 4 is 33.8 Å². The van der Waals surface area contributed by atoms with Gasteiger partial charge in [0.1, 0.15) is 23.2 Å². The van der Waals surface area contributed by atoms with Crippen molar-refractivity contribution in [3.05, 3.63) is 12.7 Å². The number of nitrogens with one attached hydrogen (secondary N) is 3. The quantitative estimate of drug-likeness (QED) is 0.353. The Morgan fingerprint density at radius 3 is 2.12 bits per heavy atom. The van der Waals surface area contributed by atoms with E-state index in [4.69, 9.17) is 4.74 Å². The molecule has 40 heavy (non-hydrogen) atoms. The number of carbonyl (C=O) groups is 4. The van der Waals surface area contributed by atoms with E-state index in [9.17, 15) is 27.6 Å². The summed E-state index contributed by atoms with van der Waals surface area (Å²) < 4.78 is 32.4. The maximum atomic E-state index is 14.0. The predicted molar refractivity (Wildman–Crippen MR) is 150 cm³/mol. The molecule has 0 radical (unpaired) electrons. The van der Waals surface area contributed by atoms with E-state index in [1.54, 1.807) is 20.8 Å². The SMILES string of the molecule is C=CC1C[C@]1(NC(=O)[C@@H]1C[C@@H](C(C)C)CN1C(=O)C(NC(=O)OC(C)(C)C)C(C)(C)C)C(=O)NS(=O)(=O)C1CC1. The molecule has 226 valence electrons. The second-order valence-corrected chi connectivity index (χ2v) is 15.8. The van der Waals surface area contributed by atoms with Crippen LogP contribution in [0.2, 0.25) is 0 Å². The Kier molecular flexibility index (Phi) is 8.76. The molecule has 3 N–H and O–H groups in total. The van der Waals surface area contributed by atoms with Crippen LogP contribution in [0.3, 0.4) is 0 Å². The highest BCUT2D eigenvalue weighted by Crippen LogP contribution is 2.45. The van der Waals surface area contributed by atoms with E-state index in [1.807, 2.05) is 34.6 Å². The minimum Gasteiger partial charge on any atom is -0.444 e. The molecule has 3 fully saturated rings. The second-order valence-electron chi connectivity index (χ2n) is 13.9. The third kappa shape index (κ3) is 7.16. The van der Waals surface area contributed by atoms with Crippen molar-refractivity contribution < 1.29 is 32.3 Å². The highest BCUT2D eigenvalue weighted by atomic mass is 32.2. The van der Waals surface area contributed by atoms with E-state index in [1.165, 1.54) is 11.0 Å². The van der Waals surface area contributed by atoms with Gasteiger partial charge in [-0.2, -0.15) is 0 Å². The number of sulfonamides is 1. The average molecular weight is 583 g/mol. The normalized spacial score (nSPS) is 27.5. The number of likely N-dealkylation sites (tertiary alicyclic amines) is 1. The number of alkyl carbamates (subject to hydrolysis) is 1. The van der Waals surface area contributed by atoms with Gasteiger partial charge in [0.25, 0.3) is 5.91 Å². The van der Waals surface area contributed by atoms with Crippen LogP contribution >= 0.6 is 0 Å². The summed E-state index contributed by atoms with van der Waals surface area (Å²) in [5.41, 5.74) is -2.90. The predicted octanol–water partition coefficient (Wildman–Crippen LogP) is 2.47. The fraction of sp³-hybridized carbons (Fsp3) is 0.786. The first-order valence-corrected chi connectivity index (χ1v) is 15.6. The van der Waals surface area contributed by atoms with Gasteiger partial charge in [-0.25, -0.2) is 13.2 Å². The summed E-state index contributed by atoms with van der Waals surface area (Å²) in [6.07, 6.45) is 2.37. The van der Waals surface area contributed by atoms with Gasteiger partial charge in [-0.15, -0.1) is 6.58 Å². The molecule has 2 saturated carbocycles. The summed E-state index contributed by atoms with van der Waals surface area (Å²) in [6, 6.07) is -1.88. The molecule has 4 amide bonds. The standard InChI is InChI=1S/C28H46N4O7S/c1-10-18-14-28(18,24(35)31-40(37,38)19-11-12-19)30-22(33)20-13-17(16(2)3)15-32(20)23(34)21(26(4,5)6)29-25(36)39-27(7,8)9/h10,16-21H,1,11-15H2,2-9H3,(H,29,36)(H,30,33)(H,31,35)/t17-,18?,20+,21?,28-/m1/s1. The Morgan fingerprint density at radius 2 is 1.68 bits per heavy atom. The molecule has 0 aromatic carbocycles. The van der Waals surface area contributed by atoms with Crippen molar-refractivity contribution in [3.63, 3.8) is 0 Å². The topological polar surface area (TPSA) is 151 Å². The van der Waals surface area contributed by atoms with Crippen LogP contribution in [-0.2, 0) is 29.1 Å². The summed E-state index contributed by atoms with van der Waals surface area (Å²) in [7, 11) is -3.81. The summed E-state index contributed by atoms with van der Waals surface area (Å²) in [5, 5.41) is 4.91. The number of ether oxygens (including phenoxy) is 1. The molecule has 0 aromatic heterocycles. The lowest BCUT2D eigenvalue weighted by Gasteiger charge is -2.36. The van der Waals surface area contributed by atoms with Gasteiger partial charge < -0.3 is 20.3 Å². The highest BCUT2D eigenvalue weighted by Gasteiger charge is 2.62. The van der Waals surface area contributed by atoms with Gasteiger partial charge in [-0.1, -0.05) is 40.7 Å². The third-order valence-corrected chi connectivity index (χ3v) is 9.70.